The summed E-state index contributed by atoms with van der Waals surface area (Å²) in [6.07, 6.45) is 2.51. The minimum Gasteiger partial charge on any atom is -0.462 e. The summed E-state index contributed by atoms with van der Waals surface area (Å²) in [6, 6.07) is 4.15. The third kappa shape index (κ3) is 5.44. The molecule has 10 heteroatoms. The van der Waals surface area contributed by atoms with Gasteiger partial charge in [0.25, 0.3) is 17.7 Å². The Kier molecular flexibility index (Phi) is 7.77. The minimum absolute atomic E-state index is 0.0619. The van der Waals surface area contributed by atoms with Crippen LogP contribution in [0.25, 0.3) is 0 Å². The van der Waals surface area contributed by atoms with Crippen LogP contribution in [-0.4, -0.2) is 54.3 Å². The van der Waals surface area contributed by atoms with Crippen molar-refractivity contribution in [2.45, 2.75) is 47.0 Å². The van der Waals surface area contributed by atoms with Gasteiger partial charge in [-0.3, -0.25) is 19.3 Å². The minimum atomic E-state index is -0.801. The van der Waals surface area contributed by atoms with E-state index in [0.717, 1.165) is 29.7 Å². The van der Waals surface area contributed by atoms with Gasteiger partial charge in [0.1, 0.15) is 5.00 Å². The Morgan fingerprint density at radius 1 is 1.11 bits per heavy atom. The molecule has 1 aliphatic heterocycles. The number of thiophene rings is 1. The smallest absolute Gasteiger partial charge is 0.341 e. The predicted octanol–water partition coefficient (Wildman–Crippen LogP) is 4.10. The second-order valence-corrected chi connectivity index (χ2v) is 10.9. The molecular formula is C27H30N2O7S. The van der Waals surface area contributed by atoms with E-state index < -0.39 is 36.3 Å². The number of rotatable bonds is 8. The molecule has 9 nitrogen and oxygen atoms in total. The number of benzene rings is 1. The zero-order chi connectivity index (χ0) is 26.9. The van der Waals surface area contributed by atoms with Crippen molar-refractivity contribution in [1.82, 2.24) is 4.90 Å². The molecule has 2 aliphatic rings. The van der Waals surface area contributed by atoms with Crippen LogP contribution in [0.1, 0.15) is 86.0 Å². The van der Waals surface area contributed by atoms with Crippen LogP contribution >= 0.6 is 11.3 Å². The van der Waals surface area contributed by atoms with E-state index >= 15 is 0 Å². The van der Waals surface area contributed by atoms with Gasteiger partial charge in [0.15, 0.2) is 6.61 Å². The predicted molar refractivity (Wildman–Crippen MR) is 137 cm³/mol. The standard InChI is InChI=1S/C27H30N2O7S/c1-5-35-27(34)22-18-8-6-15(4)10-20(18)37-23(22)28-21(30)13-36-26(33)16-7-9-17-19(11-16)25(32)29(24(17)31)12-14(2)3/h7,9,11,14-15H,5-6,8,10,12-13H2,1-4H3,(H,28,30). The first-order chi connectivity index (χ1) is 17.6. The van der Waals surface area contributed by atoms with E-state index in [2.05, 4.69) is 12.2 Å². The lowest BCUT2D eigenvalue weighted by Gasteiger charge is -2.18. The van der Waals surface area contributed by atoms with Crippen molar-refractivity contribution in [2.24, 2.45) is 11.8 Å². The quantitative estimate of drug-likeness (QED) is 0.406. The highest BCUT2D eigenvalue weighted by Gasteiger charge is 2.36. The van der Waals surface area contributed by atoms with Crippen LogP contribution in [0.3, 0.4) is 0 Å². The van der Waals surface area contributed by atoms with Crippen LogP contribution < -0.4 is 5.32 Å². The number of fused-ring (bicyclic) bond motifs is 2. The molecule has 0 fully saturated rings. The summed E-state index contributed by atoms with van der Waals surface area (Å²) >= 11 is 1.35. The van der Waals surface area contributed by atoms with Crippen LogP contribution in [0.15, 0.2) is 18.2 Å². The summed E-state index contributed by atoms with van der Waals surface area (Å²) in [7, 11) is 0. The number of anilines is 1. The molecule has 196 valence electrons. The topological polar surface area (TPSA) is 119 Å². The summed E-state index contributed by atoms with van der Waals surface area (Å²) in [5.74, 6) is -2.14. The highest BCUT2D eigenvalue weighted by atomic mass is 32.1. The molecule has 1 unspecified atom stereocenters. The average Bonchev–Trinajstić information content (AvgIpc) is 3.31. The molecule has 2 aromatic rings. The van der Waals surface area contributed by atoms with E-state index in [9.17, 15) is 24.0 Å². The van der Waals surface area contributed by atoms with Gasteiger partial charge in [-0.2, -0.15) is 0 Å². The van der Waals surface area contributed by atoms with E-state index in [4.69, 9.17) is 9.47 Å². The highest BCUT2D eigenvalue weighted by Crippen LogP contribution is 2.40. The second kappa shape index (κ2) is 10.8. The second-order valence-electron chi connectivity index (χ2n) is 9.78. The summed E-state index contributed by atoms with van der Waals surface area (Å²) < 4.78 is 10.4. The van der Waals surface area contributed by atoms with Crippen molar-refractivity contribution in [3.63, 3.8) is 0 Å². The fourth-order valence-electron chi connectivity index (χ4n) is 4.58. The SMILES string of the molecule is CCOC(=O)c1c(NC(=O)COC(=O)c2ccc3c(c2)C(=O)N(CC(C)C)C3=O)sc2c1CCC(C)C2. The number of hydrogen-bond donors (Lipinski definition) is 1. The van der Waals surface area contributed by atoms with Crippen LogP contribution in [0.2, 0.25) is 0 Å². The molecule has 1 aromatic heterocycles. The van der Waals surface area contributed by atoms with Crippen molar-refractivity contribution in [2.75, 3.05) is 25.1 Å². The van der Waals surface area contributed by atoms with Gasteiger partial charge in [-0.05, 0) is 61.8 Å². The number of esters is 2. The summed E-state index contributed by atoms with van der Waals surface area (Å²) in [6.45, 7) is 7.59. The fraction of sp³-hybridized carbons (Fsp3) is 0.444. The van der Waals surface area contributed by atoms with Gasteiger partial charge in [0, 0.05) is 11.4 Å². The molecule has 37 heavy (non-hydrogen) atoms. The normalized spacial score (nSPS) is 16.5. The van der Waals surface area contributed by atoms with Gasteiger partial charge >= 0.3 is 11.9 Å². The molecule has 1 aromatic carbocycles. The molecular weight excluding hydrogens is 496 g/mol. The van der Waals surface area contributed by atoms with Crippen LogP contribution in [0.5, 0.6) is 0 Å². The molecule has 2 heterocycles. The molecule has 0 spiro atoms. The van der Waals surface area contributed by atoms with Crippen LogP contribution in [0, 0.1) is 11.8 Å². The first-order valence-electron chi connectivity index (χ1n) is 12.4. The van der Waals surface area contributed by atoms with Crippen molar-refractivity contribution in [3.05, 3.63) is 50.9 Å². The fourth-order valence-corrected chi connectivity index (χ4v) is 6.00. The first-order valence-corrected chi connectivity index (χ1v) is 13.2. The van der Waals surface area contributed by atoms with Crippen molar-refractivity contribution in [3.8, 4) is 0 Å². The van der Waals surface area contributed by atoms with Gasteiger partial charge < -0.3 is 14.8 Å². The molecule has 0 saturated carbocycles. The van der Waals surface area contributed by atoms with E-state index in [-0.39, 0.29) is 35.8 Å². The number of amides is 3. The number of hydrogen-bond acceptors (Lipinski definition) is 8. The van der Waals surface area contributed by atoms with Crippen LogP contribution in [0.4, 0.5) is 5.00 Å². The van der Waals surface area contributed by atoms with E-state index in [0.29, 0.717) is 16.5 Å². The largest absolute Gasteiger partial charge is 0.462 e. The monoisotopic (exact) mass is 526 g/mol. The highest BCUT2D eigenvalue weighted by molar-refractivity contribution is 7.17. The molecule has 0 radical (unpaired) electrons. The lowest BCUT2D eigenvalue weighted by atomic mass is 9.88. The van der Waals surface area contributed by atoms with E-state index in [1.165, 1.54) is 34.4 Å². The molecule has 4 rings (SSSR count). The van der Waals surface area contributed by atoms with Crippen molar-refractivity contribution >= 4 is 46.0 Å². The number of nitrogens with zero attached hydrogens (tertiary/aromatic N) is 1. The zero-order valence-electron chi connectivity index (χ0n) is 21.3. The van der Waals surface area contributed by atoms with E-state index in [1.807, 2.05) is 13.8 Å². The van der Waals surface area contributed by atoms with Gasteiger partial charge in [0.2, 0.25) is 0 Å². The third-order valence-corrected chi connectivity index (χ3v) is 7.50. The average molecular weight is 527 g/mol. The molecule has 1 atom stereocenters. The maximum atomic E-state index is 12.7. The Morgan fingerprint density at radius 2 is 1.84 bits per heavy atom. The van der Waals surface area contributed by atoms with Crippen molar-refractivity contribution in [1.29, 1.82) is 0 Å². The van der Waals surface area contributed by atoms with Gasteiger partial charge in [0.05, 0.1) is 28.9 Å². The van der Waals surface area contributed by atoms with Gasteiger partial charge in [-0.1, -0.05) is 20.8 Å². The number of carbonyl (C=O) groups is 5. The number of ether oxygens (including phenoxy) is 2. The molecule has 3 amide bonds. The number of carbonyl (C=O) groups excluding carboxylic acids is 5. The first kappa shape index (κ1) is 26.5. The number of nitrogens with one attached hydrogen (secondary N) is 1. The molecule has 0 bridgehead atoms. The summed E-state index contributed by atoms with van der Waals surface area (Å²) in [4.78, 5) is 65.3. The molecule has 1 N–H and O–H groups in total. The Labute approximate surface area is 219 Å². The maximum Gasteiger partial charge on any atom is 0.341 e. The van der Waals surface area contributed by atoms with Gasteiger partial charge in [-0.15, -0.1) is 11.3 Å². The van der Waals surface area contributed by atoms with E-state index in [1.54, 1.807) is 6.92 Å². The maximum absolute atomic E-state index is 12.7. The van der Waals surface area contributed by atoms with Gasteiger partial charge in [-0.25, -0.2) is 9.59 Å². The number of imide groups is 1. The third-order valence-electron chi connectivity index (χ3n) is 6.33. The summed E-state index contributed by atoms with van der Waals surface area (Å²) in [5, 5.41) is 3.10. The lowest BCUT2D eigenvalue weighted by Crippen LogP contribution is -2.33. The Balaban J connectivity index is 1.43. The van der Waals surface area contributed by atoms with Crippen LogP contribution in [-0.2, 0) is 27.1 Å². The summed E-state index contributed by atoms with van der Waals surface area (Å²) in [5.41, 5.74) is 1.73. The molecule has 1 aliphatic carbocycles. The van der Waals surface area contributed by atoms with Crippen molar-refractivity contribution < 1.29 is 33.4 Å². The Hall–Kier alpha value is -3.53. The molecule has 0 saturated heterocycles. The Morgan fingerprint density at radius 3 is 2.54 bits per heavy atom. The zero-order valence-corrected chi connectivity index (χ0v) is 22.2. The lowest BCUT2D eigenvalue weighted by molar-refractivity contribution is -0.119. The Bertz CT molecular complexity index is 1280.